The van der Waals surface area contributed by atoms with Gasteiger partial charge >= 0.3 is 0 Å². The lowest BCUT2D eigenvalue weighted by Gasteiger charge is -2.25. The number of hydrogen-bond acceptors (Lipinski definition) is 2. The van der Waals surface area contributed by atoms with E-state index in [0.29, 0.717) is 12.6 Å². The van der Waals surface area contributed by atoms with E-state index in [2.05, 4.69) is 11.9 Å². The van der Waals surface area contributed by atoms with Crippen molar-refractivity contribution in [3.05, 3.63) is 12.7 Å². The average molecular weight is 238 g/mol. The molecule has 1 N–H and O–H groups in total. The summed E-state index contributed by atoms with van der Waals surface area (Å²) in [6.07, 6.45) is 7.40. The van der Waals surface area contributed by atoms with E-state index in [0.717, 1.165) is 12.8 Å². The molecule has 0 heterocycles. The number of amides is 2. The summed E-state index contributed by atoms with van der Waals surface area (Å²) in [7, 11) is 0. The molecule has 1 saturated carbocycles. The van der Waals surface area contributed by atoms with Gasteiger partial charge in [0.1, 0.15) is 0 Å². The van der Waals surface area contributed by atoms with E-state index < -0.39 is 0 Å². The monoisotopic (exact) mass is 238 g/mol. The van der Waals surface area contributed by atoms with Crippen molar-refractivity contribution < 1.29 is 9.59 Å². The lowest BCUT2D eigenvalue weighted by molar-refractivity contribution is -0.134. The van der Waals surface area contributed by atoms with Gasteiger partial charge in [0.2, 0.25) is 11.8 Å². The normalized spacial score (nSPS) is 16.3. The first-order valence-corrected chi connectivity index (χ1v) is 6.29. The zero-order valence-corrected chi connectivity index (χ0v) is 10.6. The van der Waals surface area contributed by atoms with Gasteiger partial charge in [0.05, 0.1) is 6.54 Å². The molecular formula is C13H22N2O2. The molecule has 0 bridgehead atoms. The summed E-state index contributed by atoms with van der Waals surface area (Å²) in [5.74, 6) is -0.155. The van der Waals surface area contributed by atoms with Crippen LogP contribution in [0, 0.1) is 0 Å². The fourth-order valence-corrected chi connectivity index (χ4v) is 2.15. The van der Waals surface area contributed by atoms with Crippen LogP contribution in [0.25, 0.3) is 0 Å². The topological polar surface area (TPSA) is 49.4 Å². The van der Waals surface area contributed by atoms with Gasteiger partial charge in [-0.1, -0.05) is 25.3 Å². The third kappa shape index (κ3) is 5.02. The number of carbonyl (C=O) groups excluding carboxylic acids is 2. The lowest BCUT2D eigenvalue weighted by atomic mass is 9.95. The highest BCUT2D eigenvalue weighted by Gasteiger charge is 2.18. The third-order valence-electron chi connectivity index (χ3n) is 3.10. The van der Waals surface area contributed by atoms with Crippen molar-refractivity contribution in [1.82, 2.24) is 10.2 Å². The molecule has 4 nitrogen and oxygen atoms in total. The highest BCUT2D eigenvalue weighted by molar-refractivity contribution is 5.84. The minimum absolute atomic E-state index is 0.0612. The number of nitrogens with zero attached hydrogens (tertiary/aromatic N) is 1. The minimum Gasteiger partial charge on any atom is -0.352 e. The fraction of sp³-hybridized carbons (Fsp3) is 0.692. The van der Waals surface area contributed by atoms with E-state index in [1.165, 1.54) is 31.1 Å². The predicted octanol–water partition coefficient (Wildman–Crippen LogP) is 1.47. The Morgan fingerprint density at radius 1 is 1.35 bits per heavy atom. The molecule has 2 amide bonds. The van der Waals surface area contributed by atoms with Crippen molar-refractivity contribution in [2.75, 3.05) is 13.1 Å². The molecule has 0 aromatic rings. The van der Waals surface area contributed by atoms with Crippen LogP contribution in [0.4, 0.5) is 0 Å². The molecule has 0 saturated heterocycles. The maximum absolute atomic E-state index is 11.8. The fourth-order valence-electron chi connectivity index (χ4n) is 2.15. The second-order valence-electron chi connectivity index (χ2n) is 4.59. The molecule has 0 spiro atoms. The quantitative estimate of drug-likeness (QED) is 0.737. The molecule has 1 fully saturated rings. The van der Waals surface area contributed by atoms with Crippen LogP contribution >= 0.6 is 0 Å². The van der Waals surface area contributed by atoms with Gasteiger partial charge < -0.3 is 10.2 Å². The molecule has 17 heavy (non-hydrogen) atoms. The molecule has 4 heteroatoms. The van der Waals surface area contributed by atoms with Crippen LogP contribution in [-0.4, -0.2) is 35.8 Å². The van der Waals surface area contributed by atoms with Crippen molar-refractivity contribution in [2.24, 2.45) is 0 Å². The molecule has 0 radical (unpaired) electrons. The summed E-state index contributed by atoms with van der Waals surface area (Å²) in [5, 5.41) is 3.00. The summed E-state index contributed by atoms with van der Waals surface area (Å²) in [6.45, 7) is 5.61. The van der Waals surface area contributed by atoms with Gasteiger partial charge in [0.15, 0.2) is 0 Å². The Morgan fingerprint density at radius 2 is 2.00 bits per heavy atom. The standard InChI is InChI=1S/C13H22N2O2/c1-3-9-15(11(2)16)10-13(17)14-12-7-5-4-6-8-12/h3,12H,1,4-10H2,2H3,(H,14,17). The van der Waals surface area contributed by atoms with Crippen molar-refractivity contribution in [2.45, 2.75) is 45.1 Å². The molecule has 96 valence electrons. The van der Waals surface area contributed by atoms with E-state index in [4.69, 9.17) is 0 Å². The Labute approximate surface area is 103 Å². The minimum atomic E-state index is -0.0938. The zero-order valence-electron chi connectivity index (χ0n) is 10.6. The van der Waals surface area contributed by atoms with Crippen LogP contribution < -0.4 is 5.32 Å². The Balaban J connectivity index is 2.35. The van der Waals surface area contributed by atoms with Crippen LogP contribution in [0.2, 0.25) is 0 Å². The van der Waals surface area contributed by atoms with Crippen molar-refractivity contribution in [3.8, 4) is 0 Å². The molecular weight excluding hydrogens is 216 g/mol. The number of carbonyl (C=O) groups is 2. The number of rotatable bonds is 5. The molecule has 0 aromatic heterocycles. The maximum Gasteiger partial charge on any atom is 0.239 e. The van der Waals surface area contributed by atoms with Crippen molar-refractivity contribution >= 4 is 11.8 Å². The molecule has 1 rings (SSSR count). The highest BCUT2D eigenvalue weighted by Crippen LogP contribution is 2.17. The predicted molar refractivity (Wildman–Crippen MR) is 67.5 cm³/mol. The van der Waals surface area contributed by atoms with Crippen LogP contribution in [0.1, 0.15) is 39.0 Å². The van der Waals surface area contributed by atoms with Gasteiger partial charge in [0, 0.05) is 19.5 Å². The molecule has 1 aliphatic carbocycles. The highest BCUT2D eigenvalue weighted by atomic mass is 16.2. The summed E-state index contributed by atoms with van der Waals surface area (Å²) in [5.41, 5.74) is 0. The number of nitrogens with one attached hydrogen (secondary N) is 1. The maximum atomic E-state index is 11.8. The van der Waals surface area contributed by atoms with E-state index in [9.17, 15) is 9.59 Å². The second kappa shape index (κ2) is 7.09. The Bertz CT molecular complexity index is 283. The van der Waals surface area contributed by atoms with Gasteiger partial charge in [0.25, 0.3) is 0 Å². The summed E-state index contributed by atoms with van der Waals surface area (Å²) < 4.78 is 0. The third-order valence-corrected chi connectivity index (χ3v) is 3.10. The Kier molecular flexibility index (Phi) is 5.73. The van der Waals surface area contributed by atoms with E-state index in [1.807, 2.05) is 0 Å². The van der Waals surface area contributed by atoms with Crippen LogP contribution in [-0.2, 0) is 9.59 Å². The van der Waals surface area contributed by atoms with Gasteiger partial charge in [-0.2, -0.15) is 0 Å². The molecule has 0 aliphatic heterocycles. The number of hydrogen-bond donors (Lipinski definition) is 1. The van der Waals surface area contributed by atoms with Crippen molar-refractivity contribution in [3.63, 3.8) is 0 Å². The smallest absolute Gasteiger partial charge is 0.239 e. The van der Waals surface area contributed by atoms with E-state index in [-0.39, 0.29) is 18.4 Å². The first-order chi connectivity index (χ1) is 8.13. The molecule has 0 aromatic carbocycles. The molecule has 0 atom stereocenters. The summed E-state index contributed by atoms with van der Waals surface area (Å²) in [6, 6.07) is 0.300. The molecule has 1 aliphatic rings. The van der Waals surface area contributed by atoms with Gasteiger partial charge in [-0.15, -0.1) is 6.58 Å². The van der Waals surface area contributed by atoms with Crippen LogP contribution in [0.3, 0.4) is 0 Å². The SMILES string of the molecule is C=CCN(CC(=O)NC1CCCCC1)C(C)=O. The largest absolute Gasteiger partial charge is 0.352 e. The van der Waals surface area contributed by atoms with Crippen LogP contribution in [0.15, 0.2) is 12.7 Å². The van der Waals surface area contributed by atoms with Gasteiger partial charge in [-0.3, -0.25) is 9.59 Å². The summed E-state index contributed by atoms with van der Waals surface area (Å²) >= 11 is 0. The van der Waals surface area contributed by atoms with E-state index >= 15 is 0 Å². The lowest BCUT2D eigenvalue weighted by Crippen LogP contribution is -2.44. The summed E-state index contributed by atoms with van der Waals surface area (Å²) in [4.78, 5) is 24.5. The van der Waals surface area contributed by atoms with E-state index in [1.54, 1.807) is 6.08 Å². The van der Waals surface area contributed by atoms with Crippen LogP contribution in [0.5, 0.6) is 0 Å². The zero-order chi connectivity index (χ0) is 12.7. The average Bonchev–Trinajstić information content (AvgIpc) is 2.29. The Morgan fingerprint density at radius 3 is 2.53 bits per heavy atom. The van der Waals surface area contributed by atoms with Crippen molar-refractivity contribution in [1.29, 1.82) is 0 Å². The second-order valence-corrected chi connectivity index (χ2v) is 4.59. The van der Waals surface area contributed by atoms with Gasteiger partial charge in [-0.05, 0) is 12.8 Å². The first kappa shape index (κ1) is 13.7. The van der Waals surface area contributed by atoms with Gasteiger partial charge in [-0.25, -0.2) is 0 Å². The first-order valence-electron chi connectivity index (χ1n) is 6.29. The molecule has 0 unspecified atom stereocenters. The Hall–Kier alpha value is -1.32.